The van der Waals surface area contributed by atoms with E-state index in [2.05, 4.69) is 15.1 Å². The largest absolute Gasteiger partial charge is 0.352 e. The molecular weight excluding hydrogens is 358 g/mol. The number of hydrogen-bond donors (Lipinski definition) is 0. The van der Waals surface area contributed by atoms with Crippen molar-refractivity contribution in [1.82, 2.24) is 15.1 Å². The van der Waals surface area contributed by atoms with Gasteiger partial charge in [-0.15, -0.1) is 16.9 Å². The summed E-state index contributed by atoms with van der Waals surface area (Å²) in [5.74, 6) is 1.75. The fourth-order valence-corrected chi connectivity index (χ4v) is 4.42. The van der Waals surface area contributed by atoms with E-state index in [1.165, 1.54) is 0 Å². The summed E-state index contributed by atoms with van der Waals surface area (Å²) in [5.41, 5.74) is 0.960. The molecule has 0 unspecified atom stereocenters. The van der Waals surface area contributed by atoms with Gasteiger partial charge in [0, 0.05) is 54.6 Å². The highest BCUT2D eigenvalue weighted by Gasteiger charge is 2.29. The number of piperazine rings is 1. The second-order valence-electron chi connectivity index (χ2n) is 5.95. The summed E-state index contributed by atoms with van der Waals surface area (Å²) in [6.07, 6.45) is 1.67. The van der Waals surface area contributed by atoms with Gasteiger partial charge in [0.25, 0.3) is 0 Å². The van der Waals surface area contributed by atoms with E-state index in [1.807, 2.05) is 40.1 Å². The number of rotatable bonds is 1. The number of urea groups is 1. The molecule has 2 aliphatic rings. The van der Waals surface area contributed by atoms with Crippen LogP contribution in [0.15, 0.2) is 41.4 Å². The first-order valence-electron chi connectivity index (χ1n) is 8.24. The van der Waals surface area contributed by atoms with Crippen LogP contribution in [0.1, 0.15) is 0 Å². The van der Waals surface area contributed by atoms with Gasteiger partial charge in [-0.05, 0) is 30.3 Å². The summed E-state index contributed by atoms with van der Waals surface area (Å²) in [5, 5.41) is 8.78. The number of amides is 2. The Labute approximate surface area is 155 Å². The summed E-state index contributed by atoms with van der Waals surface area (Å²) >= 11 is 7.83. The lowest BCUT2D eigenvalue weighted by Crippen LogP contribution is -2.54. The number of aromatic nitrogens is 2. The topological polar surface area (TPSA) is 52.6 Å². The standard InChI is InChI=1S/C17H18ClN5OS/c18-13-3-4-14-15(12-13)25-11-10-23(14)17(24)22-8-6-21(7-9-22)16-2-1-5-19-20-16/h1-5,12H,6-11H2. The first kappa shape index (κ1) is 16.5. The van der Waals surface area contributed by atoms with Crippen molar-refractivity contribution < 1.29 is 4.79 Å². The molecule has 3 heterocycles. The summed E-state index contributed by atoms with van der Waals surface area (Å²) < 4.78 is 0. The minimum Gasteiger partial charge on any atom is -0.352 e. The van der Waals surface area contributed by atoms with Crippen molar-refractivity contribution in [2.75, 3.05) is 48.3 Å². The van der Waals surface area contributed by atoms with Crippen molar-refractivity contribution in [3.63, 3.8) is 0 Å². The second kappa shape index (κ2) is 7.09. The molecule has 1 fully saturated rings. The van der Waals surface area contributed by atoms with Crippen LogP contribution in [0.2, 0.25) is 5.02 Å². The molecule has 0 atom stereocenters. The van der Waals surface area contributed by atoms with E-state index >= 15 is 0 Å². The number of thioether (sulfide) groups is 1. The molecule has 4 rings (SSSR count). The number of hydrogen-bond acceptors (Lipinski definition) is 5. The van der Waals surface area contributed by atoms with E-state index in [9.17, 15) is 4.79 Å². The van der Waals surface area contributed by atoms with Crippen LogP contribution in [0.3, 0.4) is 0 Å². The molecule has 25 heavy (non-hydrogen) atoms. The highest BCUT2D eigenvalue weighted by molar-refractivity contribution is 7.99. The highest BCUT2D eigenvalue weighted by Crippen LogP contribution is 2.37. The molecule has 0 radical (unpaired) electrons. The maximum atomic E-state index is 13.0. The third kappa shape index (κ3) is 3.39. The molecular formula is C17H18ClN5OS. The van der Waals surface area contributed by atoms with E-state index in [4.69, 9.17) is 11.6 Å². The smallest absolute Gasteiger partial charge is 0.324 e. The quantitative estimate of drug-likeness (QED) is 0.767. The maximum Gasteiger partial charge on any atom is 0.324 e. The van der Waals surface area contributed by atoms with Crippen LogP contribution in [0.5, 0.6) is 0 Å². The predicted octanol–water partition coefficient (Wildman–Crippen LogP) is 2.98. The molecule has 0 saturated carbocycles. The summed E-state index contributed by atoms with van der Waals surface area (Å²) in [7, 11) is 0. The molecule has 130 valence electrons. The van der Waals surface area contributed by atoms with Gasteiger partial charge in [0.2, 0.25) is 0 Å². The highest BCUT2D eigenvalue weighted by atomic mass is 35.5. The first-order chi connectivity index (χ1) is 12.2. The van der Waals surface area contributed by atoms with E-state index in [0.717, 1.165) is 41.8 Å². The normalized spacial score (nSPS) is 17.4. The van der Waals surface area contributed by atoms with E-state index in [-0.39, 0.29) is 6.03 Å². The van der Waals surface area contributed by atoms with Crippen LogP contribution in [0.25, 0.3) is 0 Å². The van der Waals surface area contributed by atoms with Gasteiger partial charge in [-0.2, -0.15) is 5.10 Å². The lowest BCUT2D eigenvalue weighted by atomic mass is 10.2. The van der Waals surface area contributed by atoms with Crippen molar-refractivity contribution in [2.24, 2.45) is 0 Å². The molecule has 6 nitrogen and oxygen atoms in total. The van der Waals surface area contributed by atoms with Crippen LogP contribution in [0, 0.1) is 0 Å². The maximum absolute atomic E-state index is 13.0. The molecule has 2 aliphatic heterocycles. The third-order valence-electron chi connectivity index (χ3n) is 4.45. The van der Waals surface area contributed by atoms with Crippen LogP contribution >= 0.6 is 23.4 Å². The van der Waals surface area contributed by atoms with Crippen LogP contribution in [0.4, 0.5) is 16.3 Å². The van der Waals surface area contributed by atoms with E-state index in [1.54, 1.807) is 18.0 Å². The SMILES string of the molecule is O=C(N1CCN(c2cccnn2)CC1)N1CCSc2cc(Cl)ccc21. The molecule has 1 aromatic carbocycles. The Bertz CT molecular complexity index is 767. The number of benzene rings is 1. The van der Waals surface area contributed by atoms with Gasteiger partial charge in [-0.3, -0.25) is 4.90 Å². The van der Waals surface area contributed by atoms with Crippen molar-refractivity contribution in [3.05, 3.63) is 41.6 Å². The minimum atomic E-state index is 0.0719. The summed E-state index contributed by atoms with van der Waals surface area (Å²) in [6, 6.07) is 9.63. The monoisotopic (exact) mass is 375 g/mol. The number of anilines is 2. The number of halogens is 1. The van der Waals surface area contributed by atoms with Gasteiger partial charge in [-0.25, -0.2) is 4.79 Å². The number of fused-ring (bicyclic) bond motifs is 1. The minimum absolute atomic E-state index is 0.0719. The molecule has 2 amide bonds. The number of carbonyl (C=O) groups excluding carboxylic acids is 1. The average Bonchev–Trinajstić information content (AvgIpc) is 2.67. The van der Waals surface area contributed by atoms with Crippen LogP contribution in [-0.4, -0.2) is 59.6 Å². The Morgan fingerprint density at radius 2 is 1.96 bits per heavy atom. The van der Waals surface area contributed by atoms with Gasteiger partial charge < -0.3 is 9.80 Å². The van der Waals surface area contributed by atoms with Crippen LogP contribution < -0.4 is 9.80 Å². The molecule has 0 spiro atoms. The van der Waals surface area contributed by atoms with E-state index < -0.39 is 0 Å². The van der Waals surface area contributed by atoms with Gasteiger partial charge in [0.15, 0.2) is 5.82 Å². The zero-order valence-corrected chi connectivity index (χ0v) is 15.2. The lowest BCUT2D eigenvalue weighted by Gasteiger charge is -2.39. The molecule has 8 heteroatoms. The molecule has 1 aromatic heterocycles. The zero-order chi connectivity index (χ0) is 17.2. The third-order valence-corrected chi connectivity index (χ3v) is 5.71. The Hall–Kier alpha value is -1.99. The van der Waals surface area contributed by atoms with Crippen molar-refractivity contribution >= 4 is 40.9 Å². The van der Waals surface area contributed by atoms with Crippen molar-refractivity contribution in [2.45, 2.75) is 4.90 Å². The molecule has 2 aromatic rings. The zero-order valence-electron chi connectivity index (χ0n) is 13.6. The molecule has 0 aliphatic carbocycles. The average molecular weight is 376 g/mol. The van der Waals surface area contributed by atoms with Gasteiger partial charge in [0.05, 0.1) is 5.69 Å². The van der Waals surface area contributed by atoms with Crippen molar-refractivity contribution in [3.8, 4) is 0 Å². The fraction of sp³-hybridized carbons (Fsp3) is 0.353. The Morgan fingerprint density at radius 1 is 1.12 bits per heavy atom. The number of nitrogens with zero attached hydrogens (tertiary/aromatic N) is 5. The predicted molar refractivity (Wildman–Crippen MR) is 101 cm³/mol. The lowest BCUT2D eigenvalue weighted by molar-refractivity contribution is 0.201. The van der Waals surface area contributed by atoms with Crippen LogP contribution in [-0.2, 0) is 0 Å². The Kier molecular flexibility index (Phi) is 4.67. The molecule has 1 saturated heterocycles. The van der Waals surface area contributed by atoms with Crippen molar-refractivity contribution in [1.29, 1.82) is 0 Å². The summed E-state index contributed by atoms with van der Waals surface area (Å²) in [4.78, 5) is 20.0. The summed E-state index contributed by atoms with van der Waals surface area (Å²) in [6.45, 7) is 3.62. The first-order valence-corrected chi connectivity index (χ1v) is 9.60. The van der Waals surface area contributed by atoms with Gasteiger partial charge in [-0.1, -0.05) is 11.6 Å². The second-order valence-corrected chi connectivity index (χ2v) is 7.52. The molecule has 0 bridgehead atoms. The Morgan fingerprint density at radius 3 is 2.72 bits per heavy atom. The number of carbonyl (C=O) groups is 1. The van der Waals surface area contributed by atoms with E-state index in [0.29, 0.717) is 18.1 Å². The van der Waals surface area contributed by atoms with Gasteiger partial charge in [0.1, 0.15) is 0 Å². The Balaban J connectivity index is 1.45. The van der Waals surface area contributed by atoms with Gasteiger partial charge >= 0.3 is 6.03 Å². The fourth-order valence-electron chi connectivity index (χ4n) is 3.15. The molecule has 0 N–H and O–H groups in total.